The number of carbonyl (C=O) groups excluding carboxylic acids is 1. The van der Waals surface area contributed by atoms with Crippen molar-refractivity contribution in [3.8, 4) is 10.6 Å². The molecule has 0 radical (unpaired) electrons. The van der Waals surface area contributed by atoms with Gasteiger partial charge < -0.3 is 9.42 Å². The molecule has 0 atom stereocenters. The fraction of sp³-hybridized carbons (Fsp3) is 0.250. The van der Waals surface area contributed by atoms with E-state index in [-0.39, 0.29) is 11.9 Å². The van der Waals surface area contributed by atoms with Crippen LogP contribution < -0.4 is 0 Å². The third kappa shape index (κ3) is 3.01. The van der Waals surface area contributed by atoms with Crippen molar-refractivity contribution in [1.82, 2.24) is 40.0 Å². The first-order valence-corrected chi connectivity index (χ1v) is 9.19. The van der Waals surface area contributed by atoms with Crippen molar-refractivity contribution in [1.29, 1.82) is 0 Å². The van der Waals surface area contributed by atoms with Crippen LogP contribution in [0.5, 0.6) is 0 Å². The Kier molecular flexibility index (Phi) is 3.78. The lowest BCUT2D eigenvalue weighted by atomic mass is 10.1. The van der Waals surface area contributed by atoms with Crippen LogP contribution in [0.2, 0.25) is 0 Å². The summed E-state index contributed by atoms with van der Waals surface area (Å²) >= 11 is 1.54. The zero-order chi connectivity index (χ0) is 18.2. The van der Waals surface area contributed by atoms with Crippen molar-refractivity contribution in [3.63, 3.8) is 0 Å². The zero-order valence-corrected chi connectivity index (χ0v) is 14.9. The summed E-state index contributed by atoms with van der Waals surface area (Å²) in [7, 11) is 0. The lowest BCUT2D eigenvalue weighted by Gasteiger charge is -2.38. The minimum absolute atomic E-state index is 0.101. The van der Waals surface area contributed by atoms with Gasteiger partial charge in [0.2, 0.25) is 0 Å². The molecule has 0 saturated carbocycles. The smallest absolute Gasteiger partial charge is 0.276 e. The van der Waals surface area contributed by atoms with Crippen LogP contribution in [0, 0.1) is 0 Å². The number of hydrogen-bond acceptors (Lipinski definition) is 8. The molecular formula is C16H14N8O2S. The lowest BCUT2D eigenvalue weighted by molar-refractivity contribution is 0.0488. The first-order chi connectivity index (χ1) is 13.3. The van der Waals surface area contributed by atoms with Gasteiger partial charge in [-0.3, -0.25) is 4.79 Å². The minimum Gasteiger partial charge on any atom is -0.355 e. The Bertz CT molecular complexity index is 1050. The van der Waals surface area contributed by atoms with Crippen molar-refractivity contribution in [2.24, 2.45) is 0 Å². The van der Waals surface area contributed by atoms with Gasteiger partial charge in [0, 0.05) is 19.2 Å². The maximum absolute atomic E-state index is 12.5. The highest BCUT2D eigenvalue weighted by molar-refractivity contribution is 7.13. The van der Waals surface area contributed by atoms with E-state index in [1.807, 2.05) is 23.7 Å². The van der Waals surface area contributed by atoms with Gasteiger partial charge in [0.15, 0.2) is 11.5 Å². The number of nitrogens with zero attached hydrogens (tertiary/aromatic N) is 8. The van der Waals surface area contributed by atoms with E-state index in [2.05, 4.69) is 25.7 Å². The van der Waals surface area contributed by atoms with E-state index < -0.39 is 0 Å². The summed E-state index contributed by atoms with van der Waals surface area (Å²) in [6.07, 6.45) is 5.10. The van der Waals surface area contributed by atoms with E-state index in [1.54, 1.807) is 44.2 Å². The Morgan fingerprint density at radius 2 is 2.15 bits per heavy atom. The quantitative estimate of drug-likeness (QED) is 0.512. The summed E-state index contributed by atoms with van der Waals surface area (Å²) < 4.78 is 7.07. The number of thiophene rings is 1. The molecule has 5 rings (SSSR count). The van der Waals surface area contributed by atoms with Gasteiger partial charge in [-0.1, -0.05) is 16.4 Å². The van der Waals surface area contributed by atoms with Gasteiger partial charge in [-0.25, -0.2) is 4.68 Å². The second-order valence-electron chi connectivity index (χ2n) is 6.17. The van der Waals surface area contributed by atoms with E-state index >= 15 is 0 Å². The van der Waals surface area contributed by atoms with Gasteiger partial charge in [0.05, 0.1) is 29.5 Å². The van der Waals surface area contributed by atoms with Crippen LogP contribution in [-0.2, 0) is 6.54 Å². The molecule has 0 N–H and O–H groups in total. The van der Waals surface area contributed by atoms with E-state index in [4.69, 9.17) is 4.52 Å². The summed E-state index contributed by atoms with van der Waals surface area (Å²) in [4.78, 5) is 16.8. The molecule has 0 bridgehead atoms. The fourth-order valence-corrected chi connectivity index (χ4v) is 3.57. The maximum atomic E-state index is 12.5. The largest absolute Gasteiger partial charge is 0.355 e. The van der Waals surface area contributed by atoms with Crippen molar-refractivity contribution >= 4 is 17.2 Å². The first kappa shape index (κ1) is 15.9. The normalized spacial score (nSPS) is 14.4. The molecule has 1 aliphatic rings. The molecule has 136 valence electrons. The van der Waals surface area contributed by atoms with Crippen molar-refractivity contribution in [2.45, 2.75) is 12.6 Å². The highest BCUT2D eigenvalue weighted by atomic mass is 32.1. The molecule has 1 saturated heterocycles. The molecule has 0 unspecified atom stereocenters. The number of rotatable bonds is 5. The van der Waals surface area contributed by atoms with Gasteiger partial charge >= 0.3 is 0 Å². The number of amides is 1. The molecule has 27 heavy (non-hydrogen) atoms. The molecule has 1 fully saturated rings. The second kappa shape index (κ2) is 6.43. The highest BCUT2D eigenvalue weighted by Gasteiger charge is 2.34. The predicted molar refractivity (Wildman–Crippen MR) is 93.9 cm³/mol. The molecule has 1 amide bonds. The van der Waals surface area contributed by atoms with Gasteiger partial charge in [-0.2, -0.15) is 15.0 Å². The van der Waals surface area contributed by atoms with E-state index in [1.165, 1.54) is 0 Å². The summed E-state index contributed by atoms with van der Waals surface area (Å²) in [5.74, 6) is 0.470. The van der Waals surface area contributed by atoms with E-state index in [9.17, 15) is 4.79 Å². The van der Waals surface area contributed by atoms with Crippen LogP contribution >= 0.6 is 11.3 Å². The Hall–Kier alpha value is -3.34. The molecule has 10 nitrogen and oxygen atoms in total. The van der Waals surface area contributed by atoms with Gasteiger partial charge in [-0.15, -0.1) is 16.4 Å². The SMILES string of the molecule is O=C(c1cc(-c2cccs2)on1)N1CC(n2cc(Cn3nccn3)nn2)C1. The topological polar surface area (TPSA) is 108 Å². The second-order valence-corrected chi connectivity index (χ2v) is 7.11. The van der Waals surface area contributed by atoms with Crippen molar-refractivity contribution in [3.05, 3.63) is 53.6 Å². The third-order valence-corrected chi connectivity index (χ3v) is 5.23. The number of aromatic nitrogens is 7. The Morgan fingerprint density at radius 3 is 2.93 bits per heavy atom. The molecular weight excluding hydrogens is 368 g/mol. The van der Waals surface area contributed by atoms with E-state index in [0.717, 1.165) is 10.6 Å². The Morgan fingerprint density at radius 1 is 1.30 bits per heavy atom. The lowest BCUT2D eigenvalue weighted by Crippen LogP contribution is -2.51. The summed E-state index contributed by atoms with van der Waals surface area (Å²) in [5.41, 5.74) is 1.09. The van der Waals surface area contributed by atoms with Crippen LogP contribution in [0.3, 0.4) is 0 Å². The number of carbonyl (C=O) groups is 1. The molecule has 4 aromatic rings. The molecule has 0 aliphatic carbocycles. The molecule has 0 spiro atoms. The van der Waals surface area contributed by atoms with Crippen LogP contribution in [0.25, 0.3) is 10.6 Å². The predicted octanol–water partition coefficient (Wildman–Crippen LogP) is 1.33. The molecule has 0 aromatic carbocycles. The number of hydrogen-bond donors (Lipinski definition) is 0. The van der Waals surface area contributed by atoms with Crippen LogP contribution in [0.4, 0.5) is 0 Å². The molecule has 1 aliphatic heterocycles. The summed E-state index contributed by atoms with van der Waals surface area (Å²) in [6.45, 7) is 1.58. The first-order valence-electron chi connectivity index (χ1n) is 8.31. The number of likely N-dealkylation sites (tertiary alicyclic amines) is 1. The summed E-state index contributed by atoms with van der Waals surface area (Å²) in [5, 5.41) is 22.2. The fourth-order valence-electron chi connectivity index (χ4n) is 2.90. The average Bonchev–Trinajstić information content (AvgIpc) is 3.42. The minimum atomic E-state index is -0.140. The highest BCUT2D eigenvalue weighted by Crippen LogP contribution is 2.27. The van der Waals surface area contributed by atoms with Crippen LogP contribution in [0.1, 0.15) is 22.2 Å². The van der Waals surface area contributed by atoms with E-state index in [0.29, 0.717) is 31.1 Å². The molecule has 5 heterocycles. The van der Waals surface area contributed by atoms with Gasteiger partial charge in [-0.05, 0) is 11.4 Å². The molecule has 11 heteroatoms. The van der Waals surface area contributed by atoms with Crippen molar-refractivity contribution < 1.29 is 9.32 Å². The molecule has 4 aromatic heterocycles. The van der Waals surface area contributed by atoms with Crippen molar-refractivity contribution in [2.75, 3.05) is 13.1 Å². The summed E-state index contributed by atoms with van der Waals surface area (Å²) in [6, 6.07) is 5.65. The Labute approximate surface area is 157 Å². The van der Waals surface area contributed by atoms with Crippen LogP contribution in [-0.4, -0.2) is 59.0 Å². The Balaban J connectivity index is 1.21. The average molecular weight is 382 g/mol. The zero-order valence-electron chi connectivity index (χ0n) is 14.0. The monoisotopic (exact) mass is 382 g/mol. The third-order valence-electron chi connectivity index (χ3n) is 4.34. The van der Waals surface area contributed by atoms with Gasteiger partial charge in [0.25, 0.3) is 5.91 Å². The van der Waals surface area contributed by atoms with Gasteiger partial charge in [0.1, 0.15) is 12.2 Å². The van der Waals surface area contributed by atoms with Crippen LogP contribution in [0.15, 0.2) is 46.7 Å². The standard InChI is InChI=1S/C16H14N8O2S/c25-16(13-6-14(26-20-13)15-2-1-5-27-15)22-9-12(10-22)23-7-11(19-21-23)8-24-17-3-4-18-24/h1-7,12H,8-10H2. The maximum Gasteiger partial charge on any atom is 0.276 e.